The van der Waals surface area contributed by atoms with E-state index < -0.39 is 0 Å². The van der Waals surface area contributed by atoms with Gasteiger partial charge in [-0.3, -0.25) is 14.5 Å². The monoisotopic (exact) mass is 368 g/mol. The first-order valence-electron chi connectivity index (χ1n) is 8.47. The summed E-state index contributed by atoms with van der Waals surface area (Å²) in [5.41, 5.74) is 4.24. The summed E-state index contributed by atoms with van der Waals surface area (Å²) >= 11 is 6.17. The number of amides is 1. The van der Waals surface area contributed by atoms with Gasteiger partial charge in [0.1, 0.15) is 0 Å². The van der Waals surface area contributed by atoms with Gasteiger partial charge in [0.25, 0.3) is 5.91 Å². The molecule has 1 atom stereocenters. The first-order valence-corrected chi connectivity index (χ1v) is 8.84. The number of pyridine rings is 1. The van der Waals surface area contributed by atoms with Crippen LogP contribution in [0.4, 0.5) is 0 Å². The number of carbonyl (C=O) groups excluding carboxylic acids is 1. The summed E-state index contributed by atoms with van der Waals surface area (Å²) < 4.78 is 1.91. The average molecular weight is 369 g/mol. The Kier molecular flexibility index (Phi) is 5.38. The zero-order chi connectivity index (χ0) is 18.7. The molecule has 5 nitrogen and oxygen atoms in total. The number of hydrogen-bond acceptors (Lipinski definition) is 3. The lowest BCUT2D eigenvalue weighted by molar-refractivity contribution is 0.0936. The Labute approximate surface area is 158 Å². The van der Waals surface area contributed by atoms with Crippen LogP contribution in [0.25, 0.3) is 11.3 Å². The minimum atomic E-state index is -0.113. The number of rotatable bonds is 5. The van der Waals surface area contributed by atoms with Gasteiger partial charge in [0.2, 0.25) is 0 Å². The predicted octanol–water partition coefficient (Wildman–Crippen LogP) is 4.03. The van der Waals surface area contributed by atoms with Crippen LogP contribution in [0, 0.1) is 13.8 Å². The molecular weight excluding hydrogens is 348 g/mol. The van der Waals surface area contributed by atoms with E-state index in [1.165, 1.54) is 0 Å². The Morgan fingerprint density at radius 3 is 2.58 bits per heavy atom. The van der Waals surface area contributed by atoms with E-state index >= 15 is 0 Å². The minimum Gasteiger partial charge on any atom is -0.348 e. The number of halogens is 1. The summed E-state index contributed by atoms with van der Waals surface area (Å²) in [5, 5.41) is 8.03. The van der Waals surface area contributed by atoms with Gasteiger partial charge in [0.05, 0.1) is 23.0 Å². The number of aryl methyl sites for hydroxylation is 2. The standard InChI is InChI=1S/C20H21ClN4O/c1-13-11-15(3)25(24-13)12-14(2)23-20(26)17-8-6-16(7-9-17)19-18(21)5-4-10-22-19/h4-11,14H,12H2,1-3H3,(H,23,26)/t14-/m0/s1. The Morgan fingerprint density at radius 2 is 1.96 bits per heavy atom. The molecule has 2 heterocycles. The van der Waals surface area contributed by atoms with Crippen LogP contribution >= 0.6 is 11.6 Å². The fourth-order valence-corrected chi connectivity index (χ4v) is 3.08. The topological polar surface area (TPSA) is 59.8 Å². The maximum Gasteiger partial charge on any atom is 0.251 e. The molecule has 0 bridgehead atoms. The lowest BCUT2D eigenvalue weighted by Crippen LogP contribution is -2.36. The van der Waals surface area contributed by atoms with Gasteiger partial charge >= 0.3 is 0 Å². The van der Waals surface area contributed by atoms with Crippen LogP contribution in [0.2, 0.25) is 5.02 Å². The molecule has 3 aromatic rings. The van der Waals surface area contributed by atoms with Crippen molar-refractivity contribution in [1.82, 2.24) is 20.1 Å². The summed E-state index contributed by atoms with van der Waals surface area (Å²) in [6.07, 6.45) is 1.70. The van der Waals surface area contributed by atoms with E-state index in [0.717, 1.165) is 17.0 Å². The zero-order valence-electron chi connectivity index (χ0n) is 15.0. The Hall–Kier alpha value is -2.66. The van der Waals surface area contributed by atoms with Gasteiger partial charge in [-0.2, -0.15) is 5.10 Å². The van der Waals surface area contributed by atoms with Gasteiger partial charge in [-0.25, -0.2) is 0 Å². The molecule has 1 amide bonds. The third-order valence-corrected chi connectivity index (χ3v) is 4.41. The van der Waals surface area contributed by atoms with E-state index in [1.54, 1.807) is 30.5 Å². The molecule has 1 N–H and O–H groups in total. The van der Waals surface area contributed by atoms with Crippen molar-refractivity contribution in [3.05, 3.63) is 70.6 Å². The highest BCUT2D eigenvalue weighted by Gasteiger charge is 2.13. The van der Waals surface area contributed by atoms with Crippen LogP contribution < -0.4 is 5.32 Å². The molecule has 0 aliphatic carbocycles. The van der Waals surface area contributed by atoms with E-state index in [2.05, 4.69) is 15.4 Å². The highest BCUT2D eigenvalue weighted by atomic mass is 35.5. The second-order valence-corrected chi connectivity index (χ2v) is 6.80. The molecule has 0 aliphatic rings. The van der Waals surface area contributed by atoms with E-state index in [4.69, 9.17) is 11.6 Å². The van der Waals surface area contributed by atoms with Gasteiger partial charge in [-0.15, -0.1) is 0 Å². The summed E-state index contributed by atoms with van der Waals surface area (Å²) in [6, 6.07) is 12.9. The second kappa shape index (κ2) is 7.70. The number of benzene rings is 1. The fraction of sp³-hybridized carbons (Fsp3) is 0.250. The van der Waals surface area contributed by atoms with E-state index in [9.17, 15) is 4.79 Å². The molecule has 0 fully saturated rings. The highest BCUT2D eigenvalue weighted by molar-refractivity contribution is 6.33. The van der Waals surface area contributed by atoms with Gasteiger partial charge in [0, 0.05) is 29.1 Å². The molecule has 0 unspecified atom stereocenters. The molecule has 0 saturated heterocycles. The van der Waals surface area contributed by atoms with Gasteiger partial charge in [-0.1, -0.05) is 23.7 Å². The summed E-state index contributed by atoms with van der Waals surface area (Å²) in [4.78, 5) is 16.8. The SMILES string of the molecule is Cc1cc(C)n(C[C@H](C)NC(=O)c2ccc(-c3ncccc3Cl)cc2)n1. The smallest absolute Gasteiger partial charge is 0.251 e. The number of carbonyl (C=O) groups is 1. The third-order valence-electron chi connectivity index (χ3n) is 4.11. The summed E-state index contributed by atoms with van der Waals surface area (Å²) in [7, 11) is 0. The molecule has 0 radical (unpaired) electrons. The molecule has 3 rings (SSSR count). The van der Waals surface area contributed by atoms with Crippen molar-refractivity contribution in [3.63, 3.8) is 0 Å². The zero-order valence-corrected chi connectivity index (χ0v) is 15.8. The molecule has 0 spiro atoms. The molecule has 26 heavy (non-hydrogen) atoms. The number of nitrogens with zero attached hydrogens (tertiary/aromatic N) is 3. The predicted molar refractivity (Wildman–Crippen MR) is 103 cm³/mol. The minimum absolute atomic E-state index is 0.0367. The molecule has 6 heteroatoms. The van der Waals surface area contributed by atoms with E-state index in [0.29, 0.717) is 22.8 Å². The van der Waals surface area contributed by atoms with Crippen molar-refractivity contribution in [3.8, 4) is 11.3 Å². The number of hydrogen-bond donors (Lipinski definition) is 1. The van der Waals surface area contributed by atoms with Crippen molar-refractivity contribution < 1.29 is 4.79 Å². The van der Waals surface area contributed by atoms with Gasteiger partial charge < -0.3 is 5.32 Å². The van der Waals surface area contributed by atoms with Crippen LogP contribution in [0.5, 0.6) is 0 Å². The number of nitrogens with one attached hydrogen (secondary N) is 1. The molecule has 0 aliphatic heterocycles. The van der Waals surface area contributed by atoms with Crippen molar-refractivity contribution in [1.29, 1.82) is 0 Å². The van der Waals surface area contributed by atoms with Crippen LogP contribution in [-0.2, 0) is 6.54 Å². The Morgan fingerprint density at radius 1 is 1.23 bits per heavy atom. The van der Waals surface area contributed by atoms with E-state index in [1.807, 2.05) is 43.7 Å². The Balaban J connectivity index is 1.66. The quantitative estimate of drug-likeness (QED) is 0.739. The van der Waals surface area contributed by atoms with Gasteiger partial charge in [0.15, 0.2) is 0 Å². The Bertz CT molecular complexity index is 918. The largest absolute Gasteiger partial charge is 0.348 e. The normalized spacial score (nSPS) is 12.0. The molecule has 0 saturated carbocycles. The summed E-state index contributed by atoms with van der Waals surface area (Å²) in [5.74, 6) is -0.113. The second-order valence-electron chi connectivity index (χ2n) is 6.39. The van der Waals surface area contributed by atoms with Gasteiger partial charge in [-0.05, 0) is 51.1 Å². The maximum atomic E-state index is 12.5. The molecule has 2 aromatic heterocycles. The lowest BCUT2D eigenvalue weighted by Gasteiger charge is -2.15. The first-order chi connectivity index (χ1) is 12.4. The van der Waals surface area contributed by atoms with Crippen LogP contribution in [0.1, 0.15) is 28.7 Å². The van der Waals surface area contributed by atoms with Crippen LogP contribution in [-0.4, -0.2) is 26.7 Å². The first kappa shape index (κ1) is 18.1. The molecular formula is C20H21ClN4O. The van der Waals surface area contributed by atoms with Crippen molar-refractivity contribution in [2.24, 2.45) is 0 Å². The van der Waals surface area contributed by atoms with Crippen molar-refractivity contribution in [2.75, 3.05) is 0 Å². The average Bonchev–Trinajstić information content (AvgIpc) is 2.92. The van der Waals surface area contributed by atoms with Crippen molar-refractivity contribution in [2.45, 2.75) is 33.4 Å². The van der Waals surface area contributed by atoms with E-state index in [-0.39, 0.29) is 11.9 Å². The maximum absolute atomic E-state index is 12.5. The van der Waals surface area contributed by atoms with Crippen molar-refractivity contribution >= 4 is 17.5 Å². The summed E-state index contributed by atoms with van der Waals surface area (Å²) in [6.45, 7) is 6.57. The molecule has 134 valence electrons. The van der Waals surface area contributed by atoms with Crippen LogP contribution in [0.3, 0.4) is 0 Å². The highest BCUT2D eigenvalue weighted by Crippen LogP contribution is 2.25. The number of aromatic nitrogens is 3. The molecule has 1 aromatic carbocycles. The lowest BCUT2D eigenvalue weighted by atomic mass is 10.1. The fourth-order valence-electron chi connectivity index (χ4n) is 2.85. The third kappa shape index (κ3) is 4.11. The van der Waals surface area contributed by atoms with Crippen LogP contribution in [0.15, 0.2) is 48.7 Å².